The van der Waals surface area contributed by atoms with Crippen LogP contribution in [0.4, 0.5) is 0 Å². The molecule has 2 unspecified atom stereocenters. The maximum atomic E-state index is 5.64. The number of hydrogen-bond donors (Lipinski definition) is 1. The second-order valence-corrected chi connectivity index (χ2v) is 3.39. The first kappa shape index (κ1) is 15.4. The summed E-state index contributed by atoms with van der Waals surface area (Å²) in [4.78, 5) is 2.38. The maximum Gasteiger partial charge on any atom is 0.00219 e. The van der Waals surface area contributed by atoms with Crippen molar-refractivity contribution >= 4 is 0 Å². The van der Waals surface area contributed by atoms with Crippen molar-refractivity contribution in [3.8, 4) is 0 Å². The van der Waals surface area contributed by atoms with Gasteiger partial charge in [-0.05, 0) is 25.4 Å². The van der Waals surface area contributed by atoms with Crippen LogP contribution in [0, 0.1) is 11.8 Å². The van der Waals surface area contributed by atoms with Crippen LogP contribution in [0.5, 0.6) is 0 Å². The summed E-state index contributed by atoms with van der Waals surface area (Å²) in [6, 6.07) is 0. The Kier molecular flexibility index (Phi) is 10.1. The number of nitrogens with zero attached hydrogens (tertiary/aromatic N) is 1. The van der Waals surface area contributed by atoms with Gasteiger partial charge in [0, 0.05) is 13.1 Å². The molecule has 0 amide bonds. The Hall–Kier alpha value is -0.0800. The van der Waals surface area contributed by atoms with Crippen molar-refractivity contribution in [2.75, 3.05) is 26.7 Å². The van der Waals surface area contributed by atoms with Gasteiger partial charge in [-0.25, -0.2) is 0 Å². The highest BCUT2D eigenvalue weighted by Gasteiger charge is 2.27. The molecule has 1 heterocycles. The standard InChI is InChI=1S/C8H18N2.C2H6.CH4/c1-3-7-5-10(2)6-8(7)4-9;1-2;/h7-8H,3-6,9H2,1-2H3;1-2H3;1H4. The predicted octanol–water partition coefficient (Wildman–Crippen LogP) is 2.20. The van der Waals surface area contributed by atoms with Crippen molar-refractivity contribution < 1.29 is 0 Å². The van der Waals surface area contributed by atoms with Crippen molar-refractivity contribution in [2.24, 2.45) is 17.6 Å². The largest absolute Gasteiger partial charge is 0.330 e. The molecule has 1 fully saturated rings. The van der Waals surface area contributed by atoms with Gasteiger partial charge < -0.3 is 10.6 Å². The summed E-state index contributed by atoms with van der Waals surface area (Å²) < 4.78 is 0. The summed E-state index contributed by atoms with van der Waals surface area (Å²) in [7, 11) is 2.18. The Morgan fingerprint density at radius 3 is 2.00 bits per heavy atom. The number of nitrogens with two attached hydrogens (primary N) is 1. The van der Waals surface area contributed by atoms with Gasteiger partial charge in [0.15, 0.2) is 0 Å². The van der Waals surface area contributed by atoms with E-state index in [0.29, 0.717) is 0 Å². The van der Waals surface area contributed by atoms with Crippen LogP contribution in [0.3, 0.4) is 0 Å². The van der Waals surface area contributed by atoms with Crippen LogP contribution in [0.15, 0.2) is 0 Å². The second-order valence-electron chi connectivity index (χ2n) is 3.39. The molecule has 82 valence electrons. The lowest BCUT2D eigenvalue weighted by atomic mass is 9.94. The van der Waals surface area contributed by atoms with Crippen molar-refractivity contribution in [1.29, 1.82) is 0 Å². The minimum absolute atomic E-state index is 0. The van der Waals surface area contributed by atoms with Crippen LogP contribution in [0.2, 0.25) is 0 Å². The van der Waals surface area contributed by atoms with Gasteiger partial charge in [-0.15, -0.1) is 0 Å². The molecular formula is C11H28N2. The van der Waals surface area contributed by atoms with Gasteiger partial charge in [0.05, 0.1) is 0 Å². The highest BCUT2D eigenvalue weighted by Crippen LogP contribution is 2.23. The zero-order valence-electron chi connectivity index (χ0n) is 9.01. The molecule has 13 heavy (non-hydrogen) atoms. The molecule has 1 aliphatic rings. The number of rotatable bonds is 2. The minimum Gasteiger partial charge on any atom is -0.330 e. The lowest BCUT2D eigenvalue weighted by Gasteiger charge is -2.12. The molecule has 0 bridgehead atoms. The zero-order valence-corrected chi connectivity index (χ0v) is 9.01. The second kappa shape index (κ2) is 8.52. The molecule has 0 aromatic carbocycles. The molecule has 2 nitrogen and oxygen atoms in total. The van der Waals surface area contributed by atoms with E-state index in [-0.39, 0.29) is 7.43 Å². The molecule has 0 aliphatic carbocycles. The van der Waals surface area contributed by atoms with Gasteiger partial charge in [-0.2, -0.15) is 0 Å². The van der Waals surface area contributed by atoms with Crippen LogP contribution < -0.4 is 5.73 Å². The highest BCUT2D eigenvalue weighted by atomic mass is 15.1. The van der Waals surface area contributed by atoms with E-state index in [1.54, 1.807) is 0 Å². The zero-order chi connectivity index (χ0) is 9.56. The van der Waals surface area contributed by atoms with E-state index >= 15 is 0 Å². The molecule has 0 radical (unpaired) electrons. The molecule has 0 aromatic rings. The SMILES string of the molecule is C.CC.CCC1CN(C)CC1CN. The summed E-state index contributed by atoms with van der Waals surface area (Å²) in [6.07, 6.45) is 1.28. The first-order chi connectivity index (χ1) is 5.77. The summed E-state index contributed by atoms with van der Waals surface area (Å²) >= 11 is 0. The summed E-state index contributed by atoms with van der Waals surface area (Å²) in [5.74, 6) is 1.62. The molecule has 2 heteroatoms. The lowest BCUT2D eigenvalue weighted by molar-refractivity contribution is 0.392. The number of hydrogen-bond acceptors (Lipinski definition) is 2. The molecule has 2 N–H and O–H groups in total. The Labute approximate surface area is 84.5 Å². The summed E-state index contributed by atoms with van der Waals surface area (Å²) in [5, 5.41) is 0. The molecule has 0 spiro atoms. The molecule has 1 rings (SSSR count). The summed E-state index contributed by atoms with van der Waals surface area (Å²) in [6.45, 7) is 9.57. The van der Waals surface area contributed by atoms with Crippen molar-refractivity contribution in [3.05, 3.63) is 0 Å². The average molecular weight is 188 g/mol. The van der Waals surface area contributed by atoms with Crippen LogP contribution in [-0.4, -0.2) is 31.6 Å². The Bertz CT molecular complexity index is 92.3. The Morgan fingerprint density at radius 1 is 1.23 bits per heavy atom. The van der Waals surface area contributed by atoms with Gasteiger partial charge in [0.2, 0.25) is 0 Å². The fraction of sp³-hybridized carbons (Fsp3) is 1.00. The molecule has 2 atom stereocenters. The van der Waals surface area contributed by atoms with Crippen molar-refractivity contribution in [1.82, 2.24) is 4.90 Å². The molecule has 0 aromatic heterocycles. The first-order valence-electron chi connectivity index (χ1n) is 5.16. The van der Waals surface area contributed by atoms with Crippen molar-refractivity contribution in [2.45, 2.75) is 34.6 Å². The van der Waals surface area contributed by atoms with E-state index in [0.717, 1.165) is 18.4 Å². The van der Waals surface area contributed by atoms with Crippen LogP contribution in [0.1, 0.15) is 34.6 Å². The fourth-order valence-corrected chi connectivity index (χ4v) is 1.90. The third-order valence-electron chi connectivity index (χ3n) is 2.59. The van der Waals surface area contributed by atoms with Gasteiger partial charge in [0.1, 0.15) is 0 Å². The third kappa shape index (κ3) is 4.63. The van der Waals surface area contributed by atoms with Gasteiger partial charge >= 0.3 is 0 Å². The van der Waals surface area contributed by atoms with Gasteiger partial charge in [-0.1, -0.05) is 34.6 Å². The normalized spacial score (nSPS) is 27.5. The van der Waals surface area contributed by atoms with E-state index in [9.17, 15) is 0 Å². The third-order valence-corrected chi connectivity index (χ3v) is 2.59. The van der Waals surface area contributed by atoms with Crippen LogP contribution in [0.25, 0.3) is 0 Å². The Morgan fingerprint density at radius 2 is 1.69 bits per heavy atom. The summed E-state index contributed by atoms with van der Waals surface area (Å²) in [5.41, 5.74) is 5.64. The average Bonchev–Trinajstić information content (AvgIpc) is 2.49. The van der Waals surface area contributed by atoms with Gasteiger partial charge in [-0.3, -0.25) is 0 Å². The number of likely N-dealkylation sites (tertiary alicyclic amines) is 1. The fourth-order valence-electron chi connectivity index (χ4n) is 1.90. The quantitative estimate of drug-likeness (QED) is 0.720. The van der Waals surface area contributed by atoms with E-state index in [1.165, 1.54) is 19.5 Å². The molecule has 1 saturated heterocycles. The molecule has 0 saturated carbocycles. The molecule has 1 aliphatic heterocycles. The van der Waals surface area contributed by atoms with Crippen LogP contribution in [-0.2, 0) is 0 Å². The van der Waals surface area contributed by atoms with E-state index in [4.69, 9.17) is 5.73 Å². The van der Waals surface area contributed by atoms with E-state index in [2.05, 4.69) is 18.9 Å². The predicted molar refractivity (Wildman–Crippen MR) is 61.9 cm³/mol. The maximum absolute atomic E-state index is 5.64. The lowest BCUT2D eigenvalue weighted by Crippen LogP contribution is -2.21. The monoisotopic (exact) mass is 188 g/mol. The smallest absolute Gasteiger partial charge is 0.00219 e. The van der Waals surface area contributed by atoms with E-state index in [1.807, 2.05) is 13.8 Å². The molecular weight excluding hydrogens is 160 g/mol. The highest BCUT2D eigenvalue weighted by molar-refractivity contribution is 4.81. The van der Waals surface area contributed by atoms with Crippen molar-refractivity contribution in [3.63, 3.8) is 0 Å². The minimum atomic E-state index is 0. The topological polar surface area (TPSA) is 29.3 Å². The first-order valence-corrected chi connectivity index (χ1v) is 5.16. The van der Waals surface area contributed by atoms with E-state index < -0.39 is 0 Å². The van der Waals surface area contributed by atoms with Crippen LogP contribution >= 0.6 is 0 Å². The van der Waals surface area contributed by atoms with Gasteiger partial charge in [0.25, 0.3) is 0 Å². The Balaban J connectivity index is 0.